The molecule has 0 saturated carbocycles. The Kier molecular flexibility index (Phi) is 4.56. The van der Waals surface area contributed by atoms with Crippen LogP contribution in [0.5, 0.6) is 0 Å². The number of rotatable bonds is 3. The molecule has 5 nitrogen and oxygen atoms in total. The molecule has 0 aliphatic carbocycles. The van der Waals surface area contributed by atoms with Crippen molar-refractivity contribution in [2.75, 3.05) is 39.3 Å². The summed E-state index contributed by atoms with van der Waals surface area (Å²) < 4.78 is 0. The van der Waals surface area contributed by atoms with Crippen LogP contribution < -0.4 is 11.5 Å². The van der Waals surface area contributed by atoms with Crippen molar-refractivity contribution in [2.24, 2.45) is 16.5 Å². The molecule has 0 atom stereocenters. The van der Waals surface area contributed by atoms with E-state index >= 15 is 0 Å². The third-order valence-corrected chi connectivity index (χ3v) is 3.03. The van der Waals surface area contributed by atoms with Crippen LogP contribution in [0, 0.1) is 0 Å². The van der Waals surface area contributed by atoms with Crippen molar-refractivity contribution in [3.8, 4) is 0 Å². The number of nitrogens with zero attached hydrogens (tertiary/aromatic N) is 3. The molecule has 0 aromatic carbocycles. The lowest BCUT2D eigenvalue weighted by molar-refractivity contribution is 0.0638. The molecule has 4 N–H and O–H groups in total. The molecule has 0 aromatic heterocycles. The van der Waals surface area contributed by atoms with Gasteiger partial charge in [-0.05, 0) is 20.8 Å². The fourth-order valence-corrected chi connectivity index (χ4v) is 1.96. The minimum atomic E-state index is 0.188. The number of aliphatic imine (C=N–C) groups is 1. The molecule has 0 radical (unpaired) electrons. The van der Waals surface area contributed by atoms with Crippen LogP contribution in [0.3, 0.4) is 0 Å². The summed E-state index contributed by atoms with van der Waals surface area (Å²) in [5.74, 6) is 0.188. The summed E-state index contributed by atoms with van der Waals surface area (Å²) in [6, 6.07) is 0. The Hall–Kier alpha value is -0.810. The third-order valence-electron chi connectivity index (χ3n) is 3.03. The Morgan fingerprint density at radius 2 is 1.69 bits per heavy atom. The van der Waals surface area contributed by atoms with Crippen molar-refractivity contribution in [1.29, 1.82) is 0 Å². The van der Waals surface area contributed by atoms with Gasteiger partial charge in [-0.15, -0.1) is 0 Å². The predicted octanol–water partition coefficient (Wildman–Crippen LogP) is -0.324. The maximum absolute atomic E-state index is 5.29. The lowest BCUT2D eigenvalue weighted by Crippen LogP contribution is -2.53. The number of hydrogen-bond acceptors (Lipinski definition) is 3. The maximum atomic E-state index is 5.29. The smallest absolute Gasteiger partial charge is 0.185 e. The summed E-state index contributed by atoms with van der Waals surface area (Å²) in [6.45, 7) is 12.9. The fraction of sp³-hybridized carbons (Fsp3) is 0.909. The van der Waals surface area contributed by atoms with Gasteiger partial charge in [-0.2, -0.15) is 0 Å². The van der Waals surface area contributed by atoms with E-state index in [0.717, 1.165) is 32.7 Å². The first-order chi connectivity index (χ1) is 7.39. The standard InChI is InChI=1S/C11H25N5/c1-11(2,3)16-8-6-15(7-9-16)5-4-14-10(12)13/h4-9H2,1-3H3,(H4,12,13,14). The molecule has 1 fully saturated rings. The van der Waals surface area contributed by atoms with Crippen LogP contribution >= 0.6 is 0 Å². The summed E-state index contributed by atoms with van der Waals surface area (Å²) in [5.41, 5.74) is 10.9. The second-order valence-electron chi connectivity index (χ2n) is 5.31. The highest BCUT2D eigenvalue weighted by Gasteiger charge is 2.25. The largest absolute Gasteiger partial charge is 0.370 e. The van der Waals surface area contributed by atoms with E-state index in [1.54, 1.807) is 0 Å². The molecule has 16 heavy (non-hydrogen) atoms. The molecule has 0 spiro atoms. The van der Waals surface area contributed by atoms with E-state index in [4.69, 9.17) is 11.5 Å². The lowest BCUT2D eigenvalue weighted by Gasteiger charge is -2.42. The molecule has 0 aromatic rings. The van der Waals surface area contributed by atoms with Crippen LogP contribution in [-0.2, 0) is 0 Å². The second-order valence-corrected chi connectivity index (χ2v) is 5.31. The Morgan fingerprint density at radius 3 is 2.12 bits per heavy atom. The van der Waals surface area contributed by atoms with E-state index in [1.165, 1.54) is 0 Å². The van der Waals surface area contributed by atoms with E-state index in [0.29, 0.717) is 6.54 Å². The number of guanidine groups is 1. The second kappa shape index (κ2) is 5.50. The third kappa shape index (κ3) is 4.37. The van der Waals surface area contributed by atoms with Crippen molar-refractivity contribution in [2.45, 2.75) is 26.3 Å². The van der Waals surface area contributed by atoms with Gasteiger partial charge in [0.05, 0.1) is 6.54 Å². The monoisotopic (exact) mass is 227 g/mol. The quantitative estimate of drug-likeness (QED) is 0.512. The average molecular weight is 227 g/mol. The van der Waals surface area contributed by atoms with Gasteiger partial charge in [0.15, 0.2) is 5.96 Å². The number of hydrogen-bond donors (Lipinski definition) is 2. The minimum absolute atomic E-state index is 0.188. The molecule has 1 saturated heterocycles. The number of piperazine rings is 1. The summed E-state index contributed by atoms with van der Waals surface area (Å²) in [4.78, 5) is 8.93. The molecule has 0 unspecified atom stereocenters. The van der Waals surface area contributed by atoms with Crippen LogP contribution in [-0.4, -0.2) is 60.6 Å². The Balaban J connectivity index is 2.25. The van der Waals surface area contributed by atoms with E-state index < -0.39 is 0 Å². The first-order valence-electron chi connectivity index (χ1n) is 5.92. The molecule has 1 rings (SSSR count). The number of nitrogens with two attached hydrogens (primary N) is 2. The first kappa shape index (κ1) is 13.3. The topological polar surface area (TPSA) is 70.9 Å². The molecule has 0 amide bonds. The zero-order valence-corrected chi connectivity index (χ0v) is 10.7. The maximum Gasteiger partial charge on any atom is 0.185 e. The zero-order valence-electron chi connectivity index (χ0n) is 10.7. The normalized spacial score (nSPS) is 19.7. The van der Waals surface area contributed by atoms with E-state index in [2.05, 4.69) is 35.6 Å². The molecule has 1 aliphatic heterocycles. The molecule has 5 heteroatoms. The van der Waals surface area contributed by atoms with Crippen molar-refractivity contribution in [3.05, 3.63) is 0 Å². The highest BCUT2D eigenvalue weighted by atomic mass is 15.3. The van der Waals surface area contributed by atoms with Gasteiger partial charge in [0.25, 0.3) is 0 Å². The van der Waals surface area contributed by atoms with E-state index in [-0.39, 0.29) is 11.5 Å². The SMILES string of the molecule is CC(C)(C)N1CCN(CCN=C(N)N)CC1. The van der Waals surface area contributed by atoms with Gasteiger partial charge in [-0.3, -0.25) is 14.8 Å². The summed E-state index contributed by atoms with van der Waals surface area (Å²) in [5, 5.41) is 0. The lowest BCUT2D eigenvalue weighted by atomic mass is 10.1. The van der Waals surface area contributed by atoms with E-state index in [1.807, 2.05) is 0 Å². The molecule has 1 aliphatic rings. The van der Waals surface area contributed by atoms with Crippen molar-refractivity contribution >= 4 is 5.96 Å². The van der Waals surface area contributed by atoms with Gasteiger partial charge < -0.3 is 11.5 Å². The van der Waals surface area contributed by atoms with Crippen molar-refractivity contribution < 1.29 is 0 Å². The fourth-order valence-electron chi connectivity index (χ4n) is 1.96. The summed E-state index contributed by atoms with van der Waals surface area (Å²) in [6.07, 6.45) is 0. The average Bonchev–Trinajstić information content (AvgIpc) is 2.16. The minimum Gasteiger partial charge on any atom is -0.370 e. The molecular weight excluding hydrogens is 202 g/mol. The Labute approximate surface area is 98.5 Å². The highest BCUT2D eigenvalue weighted by molar-refractivity contribution is 5.75. The van der Waals surface area contributed by atoms with Crippen LogP contribution in [0.15, 0.2) is 4.99 Å². The first-order valence-corrected chi connectivity index (χ1v) is 5.92. The highest BCUT2D eigenvalue weighted by Crippen LogP contribution is 2.15. The molecule has 0 bridgehead atoms. The van der Waals surface area contributed by atoms with E-state index in [9.17, 15) is 0 Å². The van der Waals surface area contributed by atoms with Gasteiger partial charge in [0.2, 0.25) is 0 Å². The molecular formula is C11H25N5. The van der Waals surface area contributed by atoms with Crippen molar-refractivity contribution in [3.63, 3.8) is 0 Å². The van der Waals surface area contributed by atoms with Crippen molar-refractivity contribution in [1.82, 2.24) is 9.80 Å². The predicted molar refractivity (Wildman–Crippen MR) is 68.4 cm³/mol. The van der Waals surface area contributed by atoms with Crippen LogP contribution in [0.25, 0.3) is 0 Å². The summed E-state index contributed by atoms with van der Waals surface area (Å²) >= 11 is 0. The zero-order chi connectivity index (χ0) is 12.2. The van der Waals surface area contributed by atoms with Gasteiger partial charge in [-0.25, -0.2) is 0 Å². The molecule has 1 heterocycles. The molecule has 94 valence electrons. The van der Waals surface area contributed by atoms with Crippen LogP contribution in [0.1, 0.15) is 20.8 Å². The Bertz CT molecular complexity index is 231. The van der Waals surface area contributed by atoms with Crippen LogP contribution in [0.2, 0.25) is 0 Å². The Morgan fingerprint density at radius 1 is 1.12 bits per heavy atom. The van der Waals surface area contributed by atoms with Crippen LogP contribution in [0.4, 0.5) is 0 Å². The van der Waals surface area contributed by atoms with Gasteiger partial charge >= 0.3 is 0 Å². The summed E-state index contributed by atoms with van der Waals surface area (Å²) in [7, 11) is 0. The van der Waals surface area contributed by atoms with Gasteiger partial charge in [0, 0.05) is 38.3 Å². The van der Waals surface area contributed by atoms with Gasteiger partial charge in [-0.1, -0.05) is 0 Å². The van der Waals surface area contributed by atoms with Gasteiger partial charge in [0.1, 0.15) is 0 Å².